The van der Waals surface area contributed by atoms with Crippen LogP contribution in [0.15, 0.2) is 71.6 Å². The van der Waals surface area contributed by atoms with Gasteiger partial charge in [0.15, 0.2) is 0 Å². The van der Waals surface area contributed by atoms with Crippen molar-refractivity contribution in [3.05, 3.63) is 87.9 Å². The van der Waals surface area contributed by atoms with Crippen molar-refractivity contribution in [3.8, 4) is 5.75 Å². The molecular weight excluding hydrogens is 585 g/mol. The van der Waals surface area contributed by atoms with Crippen LogP contribution < -0.4 is 14.4 Å². The van der Waals surface area contributed by atoms with E-state index in [2.05, 4.69) is 5.32 Å². The first-order valence-corrected chi connectivity index (χ1v) is 15.3. The first-order valence-electron chi connectivity index (χ1n) is 13.1. The van der Waals surface area contributed by atoms with E-state index < -0.39 is 28.5 Å². The summed E-state index contributed by atoms with van der Waals surface area (Å²) in [6.07, 6.45) is 0. The molecule has 0 aliphatic heterocycles. The Morgan fingerprint density at radius 1 is 0.951 bits per heavy atom. The van der Waals surface area contributed by atoms with Crippen molar-refractivity contribution in [2.75, 3.05) is 24.5 Å². The lowest BCUT2D eigenvalue weighted by Gasteiger charge is -2.32. The highest BCUT2D eigenvalue weighted by atomic mass is 35.5. The summed E-state index contributed by atoms with van der Waals surface area (Å²) >= 11 is 12.3. The number of nitrogens with one attached hydrogen (secondary N) is 1. The van der Waals surface area contributed by atoms with Gasteiger partial charge in [0.2, 0.25) is 11.8 Å². The highest BCUT2D eigenvalue weighted by molar-refractivity contribution is 7.92. The number of rotatable bonds is 12. The number of methoxy groups -OCH3 is 1. The third kappa shape index (κ3) is 8.15. The number of ether oxygens (including phenoxy) is 1. The summed E-state index contributed by atoms with van der Waals surface area (Å²) < 4.78 is 34.4. The number of anilines is 1. The Hall–Kier alpha value is -3.27. The highest BCUT2D eigenvalue weighted by Crippen LogP contribution is 2.33. The molecule has 1 unspecified atom stereocenters. The van der Waals surface area contributed by atoms with Crippen LogP contribution in [0.2, 0.25) is 10.0 Å². The van der Waals surface area contributed by atoms with Crippen LogP contribution in [-0.4, -0.2) is 51.4 Å². The van der Waals surface area contributed by atoms with Gasteiger partial charge in [0, 0.05) is 13.1 Å². The number of para-hydroxylation sites is 2. The Labute approximate surface area is 252 Å². The summed E-state index contributed by atoms with van der Waals surface area (Å²) in [6, 6.07) is 16.9. The van der Waals surface area contributed by atoms with E-state index in [-0.39, 0.29) is 34.7 Å². The lowest BCUT2D eigenvalue weighted by molar-refractivity contribution is -0.139. The van der Waals surface area contributed by atoms with Crippen LogP contribution in [0.25, 0.3) is 0 Å². The zero-order valence-corrected chi connectivity index (χ0v) is 26.1. The van der Waals surface area contributed by atoms with Gasteiger partial charge in [-0.15, -0.1) is 0 Å². The first kappa shape index (κ1) is 32.2. The fourth-order valence-electron chi connectivity index (χ4n) is 4.06. The molecule has 41 heavy (non-hydrogen) atoms. The van der Waals surface area contributed by atoms with Gasteiger partial charge in [-0.05, 0) is 61.7 Å². The van der Waals surface area contributed by atoms with Crippen LogP contribution in [-0.2, 0) is 26.2 Å². The first-order chi connectivity index (χ1) is 19.3. The molecule has 0 aliphatic carbocycles. The molecule has 0 aliphatic rings. The maximum absolute atomic E-state index is 14.0. The molecule has 8 nitrogen and oxygen atoms in total. The van der Waals surface area contributed by atoms with Gasteiger partial charge in [0.25, 0.3) is 10.0 Å². The molecule has 0 bridgehead atoms. The number of amides is 2. The van der Waals surface area contributed by atoms with Gasteiger partial charge in [-0.25, -0.2) is 8.42 Å². The fraction of sp³-hybridized carbons (Fsp3) is 0.333. The fourth-order valence-corrected chi connectivity index (χ4v) is 5.80. The highest BCUT2D eigenvalue weighted by Gasteiger charge is 2.33. The summed E-state index contributed by atoms with van der Waals surface area (Å²) in [5.41, 5.74) is 1.70. The summed E-state index contributed by atoms with van der Waals surface area (Å²) in [7, 11) is -2.79. The molecule has 11 heteroatoms. The number of nitrogens with zero attached hydrogens (tertiary/aromatic N) is 2. The minimum absolute atomic E-state index is 0.00364. The Balaban J connectivity index is 2.06. The van der Waals surface area contributed by atoms with Crippen LogP contribution in [0, 0.1) is 12.8 Å². The van der Waals surface area contributed by atoms with Crippen LogP contribution >= 0.6 is 23.2 Å². The molecule has 3 aromatic rings. The van der Waals surface area contributed by atoms with E-state index in [1.807, 2.05) is 20.8 Å². The van der Waals surface area contributed by atoms with Gasteiger partial charge in [0.05, 0.1) is 27.7 Å². The van der Waals surface area contributed by atoms with Crippen molar-refractivity contribution in [2.24, 2.45) is 5.92 Å². The standard InChI is InChI=1S/C30H35Cl2N3O5S/c1-20(2)17-33-30(37)22(4)34(18-23-12-15-25(31)26(32)16-23)29(36)19-35(27-8-6-7-9-28(27)40-5)41(38,39)24-13-10-21(3)11-14-24/h6-16,20,22H,17-19H2,1-5H3,(H,33,37). The molecule has 0 fully saturated rings. The molecule has 1 N–H and O–H groups in total. The SMILES string of the molecule is COc1ccccc1N(CC(=O)N(Cc1ccc(Cl)c(Cl)c1)C(C)C(=O)NCC(C)C)S(=O)(=O)c1ccc(C)cc1. The molecule has 0 spiro atoms. The largest absolute Gasteiger partial charge is 0.495 e. The van der Waals surface area contributed by atoms with Crippen molar-refractivity contribution >= 4 is 50.7 Å². The monoisotopic (exact) mass is 619 g/mol. The number of carbonyl (C=O) groups is 2. The molecule has 3 rings (SSSR count). The molecule has 3 aromatic carbocycles. The van der Waals surface area contributed by atoms with E-state index in [4.69, 9.17) is 27.9 Å². The van der Waals surface area contributed by atoms with E-state index >= 15 is 0 Å². The van der Waals surface area contributed by atoms with Crippen LogP contribution in [0.1, 0.15) is 31.9 Å². The number of hydrogen-bond acceptors (Lipinski definition) is 5. The van der Waals surface area contributed by atoms with E-state index in [0.717, 1.165) is 9.87 Å². The van der Waals surface area contributed by atoms with Crippen molar-refractivity contribution in [1.82, 2.24) is 10.2 Å². The van der Waals surface area contributed by atoms with Gasteiger partial charge < -0.3 is 15.0 Å². The smallest absolute Gasteiger partial charge is 0.264 e. The average molecular weight is 621 g/mol. The number of sulfonamides is 1. The van der Waals surface area contributed by atoms with E-state index in [9.17, 15) is 18.0 Å². The normalized spacial score (nSPS) is 12.1. The van der Waals surface area contributed by atoms with Crippen molar-refractivity contribution in [3.63, 3.8) is 0 Å². The lowest BCUT2D eigenvalue weighted by atomic mass is 10.1. The molecule has 1 atom stereocenters. The van der Waals surface area contributed by atoms with Gasteiger partial charge in [-0.3, -0.25) is 13.9 Å². The van der Waals surface area contributed by atoms with Crippen molar-refractivity contribution in [2.45, 2.75) is 45.2 Å². The number of benzene rings is 3. The van der Waals surface area contributed by atoms with Crippen molar-refractivity contribution < 1.29 is 22.7 Å². The van der Waals surface area contributed by atoms with Gasteiger partial charge >= 0.3 is 0 Å². The van der Waals surface area contributed by atoms with Crippen LogP contribution in [0.3, 0.4) is 0 Å². The maximum atomic E-state index is 14.0. The maximum Gasteiger partial charge on any atom is 0.264 e. The number of halogens is 2. The zero-order chi connectivity index (χ0) is 30.3. The molecule has 220 valence electrons. The Kier molecular flexibility index (Phi) is 11.1. The Morgan fingerprint density at radius 2 is 1.61 bits per heavy atom. The molecule has 0 radical (unpaired) electrons. The quantitative estimate of drug-likeness (QED) is 0.281. The Bertz CT molecular complexity index is 1480. The second-order valence-electron chi connectivity index (χ2n) is 10.1. The number of hydrogen-bond donors (Lipinski definition) is 1. The van der Waals surface area contributed by atoms with E-state index in [1.165, 1.54) is 24.1 Å². The summed E-state index contributed by atoms with van der Waals surface area (Å²) in [5, 5.41) is 3.50. The number of carbonyl (C=O) groups excluding carboxylic acids is 2. The summed E-state index contributed by atoms with van der Waals surface area (Å²) in [6.45, 7) is 7.22. The van der Waals surface area contributed by atoms with Crippen molar-refractivity contribution in [1.29, 1.82) is 0 Å². The van der Waals surface area contributed by atoms with Gasteiger partial charge in [-0.1, -0.05) is 72.9 Å². The lowest BCUT2D eigenvalue weighted by Crippen LogP contribution is -2.51. The minimum Gasteiger partial charge on any atom is -0.495 e. The zero-order valence-electron chi connectivity index (χ0n) is 23.7. The summed E-state index contributed by atoms with van der Waals surface area (Å²) in [5.74, 6) is -0.483. The molecular formula is C30H35Cl2N3O5S. The van der Waals surface area contributed by atoms with E-state index in [0.29, 0.717) is 22.2 Å². The molecule has 0 aromatic heterocycles. The molecule has 2 amide bonds. The molecule has 0 saturated heterocycles. The van der Waals surface area contributed by atoms with Gasteiger partial charge in [0.1, 0.15) is 18.3 Å². The number of aryl methyl sites for hydroxylation is 1. The van der Waals surface area contributed by atoms with Crippen LogP contribution in [0.4, 0.5) is 5.69 Å². The third-order valence-corrected chi connectivity index (χ3v) is 8.94. The second-order valence-corrected chi connectivity index (χ2v) is 12.8. The van der Waals surface area contributed by atoms with Gasteiger partial charge in [-0.2, -0.15) is 0 Å². The second kappa shape index (κ2) is 14.1. The minimum atomic E-state index is -4.22. The van der Waals surface area contributed by atoms with E-state index in [1.54, 1.807) is 61.5 Å². The topological polar surface area (TPSA) is 96.0 Å². The Morgan fingerprint density at radius 3 is 2.22 bits per heavy atom. The third-order valence-electron chi connectivity index (χ3n) is 6.43. The van der Waals surface area contributed by atoms with Crippen LogP contribution in [0.5, 0.6) is 5.75 Å². The predicted octanol–water partition coefficient (Wildman–Crippen LogP) is 5.70. The summed E-state index contributed by atoms with van der Waals surface area (Å²) in [4.78, 5) is 28.5. The average Bonchev–Trinajstić information content (AvgIpc) is 2.94. The predicted molar refractivity (Wildman–Crippen MR) is 163 cm³/mol. The molecule has 0 heterocycles. The molecule has 0 saturated carbocycles.